The Morgan fingerprint density at radius 3 is 2.23 bits per heavy atom. The second-order valence-electron chi connectivity index (χ2n) is 8.10. The van der Waals surface area contributed by atoms with E-state index in [1.807, 2.05) is 31.2 Å². The van der Waals surface area contributed by atoms with Gasteiger partial charge < -0.3 is 10.6 Å². The number of hydrogen-bond acceptors (Lipinski definition) is 2. The van der Waals surface area contributed by atoms with Crippen LogP contribution in [0.1, 0.15) is 57.5 Å². The Bertz CT molecular complexity index is 1110. The highest BCUT2D eigenvalue weighted by Crippen LogP contribution is 2.39. The van der Waals surface area contributed by atoms with Crippen LogP contribution in [0.2, 0.25) is 5.02 Å². The lowest BCUT2D eigenvalue weighted by molar-refractivity contribution is 0.0897. The minimum absolute atomic E-state index is 0.0958. The van der Waals surface area contributed by atoms with Crippen LogP contribution in [0.25, 0.3) is 0 Å². The molecule has 158 valence electrons. The highest BCUT2D eigenvalue weighted by molar-refractivity contribution is 6.31. The molecule has 1 saturated carbocycles. The second-order valence-corrected chi connectivity index (χ2v) is 8.54. The zero-order chi connectivity index (χ0) is 21.8. The molecule has 0 aliphatic heterocycles. The molecule has 0 saturated heterocycles. The zero-order valence-corrected chi connectivity index (χ0v) is 18.2. The van der Waals surface area contributed by atoms with Gasteiger partial charge in [0.15, 0.2) is 0 Å². The number of benzene rings is 3. The summed E-state index contributed by atoms with van der Waals surface area (Å²) in [5.74, 6) is -0.335. The molecule has 31 heavy (non-hydrogen) atoms. The minimum atomic E-state index is -0.314. The molecule has 2 amide bonds. The third-order valence-corrected chi connectivity index (χ3v) is 6.19. The molecule has 3 aromatic rings. The zero-order valence-electron chi connectivity index (χ0n) is 17.5. The van der Waals surface area contributed by atoms with Crippen molar-refractivity contribution in [2.75, 3.05) is 5.32 Å². The Kier molecular flexibility index (Phi) is 6.10. The first-order chi connectivity index (χ1) is 15.0. The van der Waals surface area contributed by atoms with E-state index in [4.69, 9.17) is 11.6 Å². The van der Waals surface area contributed by atoms with Gasteiger partial charge in [0.1, 0.15) is 0 Å². The molecule has 0 heterocycles. The molecule has 3 aromatic carbocycles. The Labute approximate surface area is 187 Å². The molecule has 0 radical (unpaired) electrons. The Morgan fingerprint density at radius 2 is 1.55 bits per heavy atom. The summed E-state index contributed by atoms with van der Waals surface area (Å²) in [7, 11) is 0. The molecular weight excluding hydrogens is 408 g/mol. The molecule has 0 spiro atoms. The van der Waals surface area contributed by atoms with E-state index in [-0.39, 0.29) is 17.4 Å². The van der Waals surface area contributed by atoms with Gasteiger partial charge in [-0.25, -0.2) is 0 Å². The predicted molar refractivity (Wildman–Crippen MR) is 125 cm³/mol. The van der Waals surface area contributed by atoms with Crippen LogP contribution in [0.4, 0.5) is 5.69 Å². The van der Waals surface area contributed by atoms with Crippen molar-refractivity contribution >= 4 is 29.1 Å². The number of carbonyl (C=O) groups excluding carboxylic acids is 2. The van der Waals surface area contributed by atoms with Crippen LogP contribution >= 0.6 is 11.6 Å². The Hall–Kier alpha value is -3.11. The van der Waals surface area contributed by atoms with Crippen molar-refractivity contribution in [2.45, 2.75) is 38.1 Å². The second kappa shape index (κ2) is 8.94. The summed E-state index contributed by atoms with van der Waals surface area (Å²) in [6.45, 7) is 1.88. The molecule has 4 rings (SSSR count). The van der Waals surface area contributed by atoms with Crippen molar-refractivity contribution < 1.29 is 9.59 Å². The van der Waals surface area contributed by atoms with Gasteiger partial charge in [0.25, 0.3) is 11.8 Å². The van der Waals surface area contributed by atoms with Crippen molar-refractivity contribution in [1.82, 2.24) is 5.32 Å². The first-order valence-electron chi connectivity index (χ1n) is 10.5. The number of halogens is 1. The van der Waals surface area contributed by atoms with Crippen molar-refractivity contribution in [3.05, 3.63) is 100 Å². The lowest BCUT2D eigenvalue weighted by Gasteiger charge is -2.31. The standard InChI is InChI=1S/C26H25ClN2O2/c1-18-16-20(12-13-23(18)28-24(30)19-8-7-11-22(27)17-19)25(31)29-26(14-5-6-15-26)21-9-3-2-4-10-21/h2-4,7-13,16-17H,5-6,14-15H2,1H3,(H,28,30)(H,29,31). The van der Waals surface area contributed by atoms with Gasteiger partial charge in [0, 0.05) is 21.8 Å². The van der Waals surface area contributed by atoms with E-state index in [1.54, 1.807) is 36.4 Å². The highest BCUT2D eigenvalue weighted by atomic mass is 35.5. The van der Waals surface area contributed by atoms with Crippen molar-refractivity contribution in [1.29, 1.82) is 0 Å². The van der Waals surface area contributed by atoms with Gasteiger partial charge in [0.05, 0.1) is 5.54 Å². The van der Waals surface area contributed by atoms with Gasteiger partial charge >= 0.3 is 0 Å². The van der Waals surface area contributed by atoms with Gasteiger partial charge in [-0.3, -0.25) is 9.59 Å². The van der Waals surface area contributed by atoms with Crippen LogP contribution in [0.15, 0.2) is 72.8 Å². The molecule has 1 fully saturated rings. The molecule has 0 atom stereocenters. The quantitative estimate of drug-likeness (QED) is 0.511. The number of rotatable bonds is 5. The summed E-state index contributed by atoms with van der Waals surface area (Å²) >= 11 is 5.98. The topological polar surface area (TPSA) is 58.2 Å². The van der Waals surface area contributed by atoms with Gasteiger partial charge in [-0.15, -0.1) is 0 Å². The van der Waals surface area contributed by atoms with E-state index in [9.17, 15) is 9.59 Å². The first-order valence-corrected chi connectivity index (χ1v) is 10.9. The number of nitrogens with one attached hydrogen (secondary N) is 2. The van der Waals surface area contributed by atoms with E-state index in [2.05, 4.69) is 22.8 Å². The number of amides is 2. The average Bonchev–Trinajstić information content (AvgIpc) is 3.25. The van der Waals surface area contributed by atoms with Crippen LogP contribution in [0.3, 0.4) is 0 Å². The van der Waals surface area contributed by atoms with Crippen molar-refractivity contribution in [3.8, 4) is 0 Å². The largest absolute Gasteiger partial charge is 0.343 e. The molecule has 0 unspecified atom stereocenters. The van der Waals surface area contributed by atoms with Crippen LogP contribution < -0.4 is 10.6 Å². The van der Waals surface area contributed by atoms with E-state index in [1.165, 1.54) is 0 Å². The summed E-state index contributed by atoms with van der Waals surface area (Å²) in [6, 6.07) is 22.3. The van der Waals surface area contributed by atoms with Gasteiger partial charge in [0.2, 0.25) is 0 Å². The van der Waals surface area contributed by atoms with Crippen LogP contribution in [-0.2, 0) is 5.54 Å². The number of hydrogen-bond donors (Lipinski definition) is 2. The van der Waals surface area contributed by atoms with E-state index in [0.29, 0.717) is 21.8 Å². The Morgan fingerprint density at radius 1 is 0.839 bits per heavy atom. The molecule has 1 aliphatic rings. The Balaban J connectivity index is 1.51. The lowest BCUT2D eigenvalue weighted by atomic mass is 9.87. The highest BCUT2D eigenvalue weighted by Gasteiger charge is 2.37. The summed E-state index contributed by atoms with van der Waals surface area (Å²) in [5.41, 5.74) is 3.40. The number of carbonyl (C=O) groups is 2. The maximum Gasteiger partial charge on any atom is 0.255 e. The molecule has 0 bridgehead atoms. The summed E-state index contributed by atoms with van der Waals surface area (Å²) < 4.78 is 0. The van der Waals surface area contributed by atoms with Gasteiger partial charge in [-0.05, 0) is 67.3 Å². The fourth-order valence-electron chi connectivity index (χ4n) is 4.28. The third kappa shape index (κ3) is 4.64. The fourth-order valence-corrected chi connectivity index (χ4v) is 4.47. The van der Waals surface area contributed by atoms with E-state index >= 15 is 0 Å². The SMILES string of the molecule is Cc1cc(C(=O)NC2(c3ccccc3)CCCC2)ccc1NC(=O)c1cccc(Cl)c1. The fraction of sp³-hybridized carbons (Fsp3) is 0.231. The summed E-state index contributed by atoms with van der Waals surface area (Å²) in [5, 5.41) is 6.71. The monoisotopic (exact) mass is 432 g/mol. The molecular formula is C26H25ClN2O2. The normalized spacial score (nSPS) is 14.8. The maximum absolute atomic E-state index is 13.1. The van der Waals surface area contributed by atoms with Gasteiger partial charge in [-0.1, -0.05) is 60.8 Å². The molecule has 0 aromatic heterocycles. The van der Waals surface area contributed by atoms with E-state index < -0.39 is 0 Å². The molecule has 2 N–H and O–H groups in total. The predicted octanol–water partition coefficient (Wildman–Crippen LogP) is 6.10. The summed E-state index contributed by atoms with van der Waals surface area (Å²) in [4.78, 5) is 25.6. The number of aryl methyl sites for hydroxylation is 1. The van der Waals surface area contributed by atoms with Crippen LogP contribution in [0.5, 0.6) is 0 Å². The van der Waals surface area contributed by atoms with Crippen molar-refractivity contribution in [2.24, 2.45) is 0 Å². The first kappa shape index (κ1) is 21.1. The minimum Gasteiger partial charge on any atom is -0.343 e. The molecule has 1 aliphatic carbocycles. The number of anilines is 1. The third-order valence-electron chi connectivity index (χ3n) is 5.96. The smallest absolute Gasteiger partial charge is 0.255 e. The summed E-state index contributed by atoms with van der Waals surface area (Å²) in [6.07, 6.45) is 4.08. The molecule has 5 heteroatoms. The van der Waals surface area contributed by atoms with Crippen LogP contribution in [-0.4, -0.2) is 11.8 Å². The molecule has 4 nitrogen and oxygen atoms in total. The lowest BCUT2D eigenvalue weighted by Crippen LogP contribution is -2.43. The average molecular weight is 433 g/mol. The van der Waals surface area contributed by atoms with Crippen molar-refractivity contribution in [3.63, 3.8) is 0 Å². The van der Waals surface area contributed by atoms with E-state index in [0.717, 1.165) is 36.8 Å². The van der Waals surface area contributed by atoms with Gasteiger partial charge in [-0.2, -0.15) is 0 Å². The van der Waals surface area contributed by atoms with Crippen LogP contribution in [0, 0.1) is 6.92 Å². The maximum atomic E-state index is 13.1.